The average molecular weight is 262 g/mol. The second-order valence-electron chi connectivity index (χ2n) is 3.65. The third kappa shape index (κ3) is 2.76. The number of carbonyl (C=O) groups excluding carboxylic acids is 1. The monoisotopic (exact) mass is 262 g/mol. The van der Waals surface area contributed by atoms with Crippen molar-refractivity contribution in [2.75, 3.05) is 6.61 Å². The number of benzene rings is 1. The van der Waals surface area contributed by atoms with Crippen LogP contribution in [0.3, 0.4) is 0 Å². The number of nitrogens with zero attached hydrogens (tertiary/aromatic N) is 2. The molecular weight excluding hydrogens is 252 g/mol. The van der Waals surface area contributed by atoms with Gasteiger partial charge in [0.25, 0.3) is 6.47 Å². The Balaban J connectivity index is 2.35. The van der Waals surface area contributed by atoms with Crippen molar-refractivity contribution in [3.63, 3.8) is 0 Å². The summed E-state index contributed by atoms with van der Waals surface area (Å²) in [4.78, 5) is 20.6. The SMILES string of the molecule is O=COCCc1noc(-c2ccccc2)c1[N+](=O)[O-]. The van der Waals surface area contributed by atoms with E-state index < -0.39 is 4.92 Å². The van der Waals surface area contributed by atoms with Crippen LogP contribution in [0.2, 0.25) is 0 Å². The molecule has 1 aromatic carbocycles. The smallest absolute Gasteiger partial charge is 0.339 e. The van der Waals surface area contributed by atoms with Gasteiger partial charge in [0, 0.05) is 12.0 Å². The van der Waals surface area contributed by atoms with Crippen LogP contribution < -0.4 is 0 Å². The van der Waals surface area contributed by atoms with E-state index in [9.17, 15) is 14.9 Å². The van der Waals surface area contributed by atoms with Gasteiger partial charge in [0.2, 0.25) is 5.76 Å². The van der Waals surface area contributed by atoms with Crippen LogP contribution in [0.25, 0.3) is 11.3 Å². The van der Waals surface area contributed by atoms with Crippen LogP contribution in [0.1, 0.15) is 5.69 Å². The Bertz CT molecular complexity index is 579. The molecule has 0 aliphatic heterocycles. The first-order valence-corrected chi connectivity index (χ1v) is 5.47. The molecule has 0 aliphatic carbocycles. The minimum atomic E-state index is -0.547. The van der Waals surface area contributed by atoms with E-state index in [1.807, 2.05) is 0 Å². The third-order valence-electron chi connectivity index (χ3n) is 2.48. The minimum absolute atomic E-state index is 0.0190. The van der Waals surface area contributed by atoms with Gasteiger partial charge in [-0.05, 0) is 0 Å². The second kappa shape index (κ2) is 5.76. The normalized spacial score (nSPS) is 10.1. The van der Waals surface area contributed by atoms with Crippen molar-refractivity contribution in [1.29, 1.82) is 0 Å². The lowest BCUT2D eigenvalue weighted by atomic mass is 10.1. The number of aromatic nitrogens is 1. The minimum Gasteiger partial charge on any atom is -0.467 e. The van der Waals surface area contributed by atoms with Crippen molar-refractivity contribution in [3.8, 4) is 11.3 Å². The first kappa shape index (κ1) is 12.7. The summed E-state index contributed by atoms with van der Waals surface area (Å²) >= 11 is 0. The molecule has 1 heterocycles. The average Bonchev–Trinajstić information content (AvgIpc) is 2.84. The number of nitro groups is 1. The van der Waals surface area contributed by atoms with Crippen LogP contribution in [0.4, 0.5) is 5.69 Å². The molecule has 19 heavy (non-hydrogen) atoms. The number of hydrogen-bond acceptors (Lipinski definition) is 6. The Morgan fingerprint density at radius 3 is 2.74 bits per heavy atom. The highest BCUT2D eigenvalue weighted by Gasteiger charge is 2.27. The van der Waals surface area contributed by atoms with Crippen molar-refractivity contribution in [3.05, 3.63) is 46.1 Å². The maximum atomic E-state index is 11.1. The zero-order valence-electron chi connectivity index (χ0n) is 9.81. The summed E-state index contributed by atoms with van der Waals surface area (Å²) in [5.41, 5.74) is 0.538. The number of carbonyl (C=O) groups is 1. The fourth-order valence-corrected chi connectivity index (χ4v) is 1.65. The highest BCUT2D eigenvalue weighted by molar-refractivity contribution is 5.68. The summed E-state index contributed by atoms with van der Waals surface area (Å²) in [7, 11) is 0. The summed E-state index contributed by atoms with van der Waals surface area (Å²) in [5, 5.41) is 14.8. The van der Waals surface area contributed by atoms with Crippen LogP contribution in [-0.2, 0) is 16.0 Å². The van der Waals surface area contributed by atoms with Gasteiger partial charge >= 0.3 is 5.69 Å². The van der Waals surface area contributed by atoms with Crippen molar-refractivity contribution in [2.45, 2.75) is 6.42 Å². The predicted octanol–water partition coefficient (Wildman–Crippen LogP) is 1.97. The van der Waals surface area contributed by atoms with E-state index in [0.29, 0.717) is 5.56 Å². The fraction of sp³-hybridized carbons (Fsp3) is 0.167. The molecule has 1 aromatic heterocycles. The molecule has 0 aliphatic rings. The number of rotatable bonds is 6. The first-order chi connectivity index (χ1) is 9.24. The Morgan fingerprint density at radius 2 is 2.11 bits per heavy atom. The lowest BCUT2D eigenvalue weighted by Crippen LogP contribution is -2.00. The molecule has 0 unspecified atom stereocenters. The topological polar surface area (TPSA) is 95.5 Å². The standard InChI is InChI=1S/C12H10N2O5/c15-8-18-7-6-10-11(14(16)17)12(19-13-10)9-4-2-1-3-5-9/h1-5,8H,6-7H2. The highest BCUT2D eigenvalue weighted by atomic mass is 16.6. The highest BCUT2D eigenvalue weighted by Crippen LogP contribution is 2.32. The van der Waals surface area contributed by atoms with Crippen molar-refractivity contribution >= 4 is 12.2 Å². The maximum absolute atomic E-state index is 11.1. The molecule has 7 nitrogen and oxygen atoms in total. The molecule has 98 valence electrons. The van der Waals surface area contributed by atoms with Crippen LogP contribution in [0.15, 0.2) is 34.9 Å². The van der Waals surface area contributed by atoms with E-state index in [2.05, 4.69) is 9.89 Å². The Hall–Kier alpha value is -2.70. The van der Waals surface area contributed by atoms with E-state index in [1.165, 1.54) is 0 Å². The van der Waals surface area contributed by atoms with Gasteiger partial charge in [-0.1, -0.05) is 35.5 Å². The van der Waals surface area contributed by atoms with E-state index in [0.717, 1.165) is 0 Å². The molecule has 0 spiro atoms. The van der Waals surface area contributed by atoms with Gasteiger partial charge in [-0.15, -0.1) is 0 Å². The Kier molecular flexibility index (Phi) is 3.87. The van der Waals surface area contributed by atoms with Gasteiger partial charge in [0.15, 0.2) is 5.69 Å². The van der Waals surface area contributed by atoms with E-state index in [-0.39, 0.29) is 36.6 Å². The molecule has 0 atom stereocenters. The molecule has 0 bridgehead atoms. The van der Waals surface area contributed by atoms with Gasteiger partial charge in [-0.3, -0.25) is 14.9 Å². The Morgan fingerprint density at radius 1 is 1.37 bits per heavy atom. The molecule has 0 N–H and O–H groups in total. The van der Waals surface area contributed by atoms with E-state index >= 15 is 0 Å². The van der Waals surface area contributed by atoms with Crippen molar-refractivity contribution < 1.29 is 19.0 Å². The van der Waals surface area contributed by atoms with Gasteiger partial charge in [-0.2, -0.15) is 0 Å². The third-order valence-corrected chi connectivity index (χ3v) is 2.48. The first-order valence-electron chi connectivity index (χ1n) is 5.47. The molecule has 2 rings (SSSR count). The summed E-state index contributed by atoms with van der Waals surface area (Å²) in [6.45, 7) is 0.301. The molecule has 0 saturated heterocycles. The zero-order chi connectivity index (χ0) is 13.7. The Labute approximate surface area is 107 Å². The molecule has 0 radical (unpaired) electrons. The van der Waals surface area contributed by atoms with Gasteiger partial charge in [-0.25, -0.2) is 0 Å². The quantitative estimate of drug-likeness (QED) is 0.342. The second-order valence-corrected chi connectivity index (χ2v) is 3.65. The molecule has 7 heteroatoms. The summed E-state index contributed by atoms with van der Waals surface area (Å²) in [6, 6.07) is 8.68. The number of ether oxygens (including phenoxy) is 1. The number of hydrogen-bond donors (Lipinski definition) is 0. The summed E-state index contributed by atoms with van der Waals surface area (Å²) < 4.78 is 9.54. The molecule has 0 amide bonds. The molecule has 0 fully saturated rings. The summed E-state index contributed by atoms with van der Waals surface area (Å²) in [5.74, 6) is 0.103. The van der Waals surface area contributed by atoms with E-state index in [4.69, 9.17) is 4.52 Å². The largest absolute Gasteiger partial charge is 0.467 e. The van der Waals surface area contributed by atoms with Gasteiger partial charge in [0.1, 0.15) is 0 Å². The van der Waals surface area contributed by atoms with Crippen LogP contribution in [-0.4, -0.2) is 23.2 Å². The van der Waals surface area contributed by atoms with Crippen molar-refractivity contribution in [2.24, 2.45) is 0 Å². The molecule has 0 saturated carbocycles. The van der Waals surface area contributed by atoms with Crippen molar-refractivity contribution in [1.82, 2.24) is 5.16 Å². The van der Waals surface area contributed by atoms with Crippen LogP contribution >= 0.6 is 0 Å². The maximum Gasteiger partial charge on any atom is 0.339 e. The fourth-order valence-electron chi connectivity index (χ4n) is 1.65. The summed E-state index contributed by atoms with van der Waals surface area (Å²) in [6.07, 6.45) is 0.130. The lowest BCUT2D eigenvalue weighted by Gasteiger charge is -1.96. The van der Waals surface area contributed by atoms with E-state index in [1.54, 1.807) is 30.3 Å². The molecular formula is C12H10N2O5. The lowest BCUT2D eigenvalue weighted by molar-refractivity contribution is -0.385. The van der Waals surface area contributed by atoms with Crippen LogP contribution in [0.5, 0.6) is 0 Å². The van der Waals surface area contributed by atoms with Gasteiger partial charge < -0.3 is 9.26 Å². The predicted molar refractivity (Wildman–Crippen MR) is 64.3 cm³/mol. The zero-order valence-corrected chi connectivity index (χ0v) is 9.81. The molecule has 2 aromatic rings. The van der Waals surface area contributed by atoms with Gasteiger partial charge in [0.05, 0.1) is 11.5 Å². The van der Waals surface area contributed by atoms with Crippen LogP contribution in [0, 0.1) is 10.1 Å².